The van der Waals surface area contributed by atoms with E-state index in [-0.39, 0.29) is 11.9 Å². The summed E-state index contributed by atoms with van der Waals surface area (Å²) in [6, 6.07) is 7.08. The highest BCUT2D eigenvalue weighted by molar-refractivity contribution is 6.30. The zero-order chi connectivity index (χ0) is 10.6. The molecule has 0 aromatic heterocycles. The van der Waals surface area contributed by atoms with E-state index in [1.54, 1.807) is 24.3 Å². The molecule has 76 valence electrons. The lowest BCUT2D eigenvalue weighted by Gasteiger charge is -2.10. The van der Waals surface area contributed by atoms with E-state index in [1.807, 2.05) is 13.8 Å². The molecule has 14 heavy (non-hydrogen) atoms. The Morgan fingerprint density at radius 1 is 1.43 bits per heavy atom. The van der Waals surface area contributed by atoms with Crippen LogP contribution in [0.15, 0.2) is 24.3 Å². The molecule has 3 heteroatoms. The molecule has 1 aromatic carbocycles. The molecule has 0 bridgehead atoms. The lowest BCUT2D eigenvalue weighted by Crippen LogP contribution is -2.31. The number of halogens is 1. The molecule has 0 heterocycles. The highest BCUT2D eigenvalue weighted by atomic mass is 35.5. The van der Waals surface area contributed by atoms with Gasteiger partial charge in [0.05, 0.1) is 0 Å². The molecule has 0 aliphatic heterocycles. The second-order valence-electron chi connectivity index (χ2n) is 3.29. The van der Waals surface area contributed by atoms with Gasteiger partial charge in [0, 0.05) is 16.6 Å². The van der Waals surface area contributed by atoms with Gasteiger partial charge in [-0.2, -0.15) is 0 Å². The molecular weight excluding hydrogens is 198 g/mol. The number of hydrogen-bond acceptors (Lipinski definition) is 1. The van der Waals surface area contributed by atoms with Crippen molar-refractivity contribution in [2.24, 2.45) is 0 Å². The average molecular weight is 212 g/mol. The Bertz CT molecular complexity index is 308. The van der Waals surface area contributed by atoms with Crippen molar-refractivity contribution in [2.75, 3.05) is 0 Å². The van der Waals surface area contributed by atoms with Crippen LogP contribution in [0, 0.1) is 0 Å². The van der Waals surface area contributed by atoms with Crippen LogP contribution in [0.3, 0.4) is 0 Å². The summed E-state index contributed by atoms with van der Waals surface area (Å²) in [4.78, 5) is 11.6. The first-order chi connectivity index (χ1) is 6.63. The van der Waals surface area contributed by atoms with Gasteiger partial charge in [0.25, 0.3) is 5.91 Å². The summed E-state index contributed by atoms with van der Waals surface area (Å²) in [6.07, 6.45) is 0.930. The van der Waals surface area contributed by atoms with Gasteiger partial charge in [0.1, 0.15) is 0 Å². The van der Waals surface area contributed by atoms with Gasteiger partial charge in [-0.05, 0) is 37.6 Å². The largest absolute Gasteiger partial charge is 0.350 e. The van der Waals surface area contributed by atoms with Gasteiger partial charge in [-0.15, -0.1) is 0 Å². The Morgan fingerprint density at radius 3 is 2.50 bits per heavy atom. The number of nitrogens with one attached hydrogen (secondary N) is 1. The number of hydrogen-bond donors (Lipinski definition) is 1. The lowest BCUT2D eigenvalue weighted by atomic mass is 10.2. The van der Waals surface area contributed by atoms with Gasteiger partial charge in [0.15, 0.2) is 0 Å². The molecule has 1 N–H and O–H groups in total. The number of rotatable bonds is 3. The van der Waals surface area contributed by atoms with Gasteiger partial charge < -0.3 is 5.32 Å². The topological polar surface area (TPSA) is 29.1 Å². The minimum atomic E-state index is -0.0454. The lowest BCUT2D eigenvalue weighted by molar-refractivity contribution is 0.0939. The zero-order valence-corrected chi connectivity index (χ0v) is 9.14. The fraction of sp³-hybridized carbons (Fsp3) is 0.364. The molecule has 0 saturated heterocycles. The van der Waals surface area contributed by atoms with E-state index in [9.17, 15) is 4.79 Å². The Hall–Kier alpha value is -1.02. The molecule has 1 rings (SSSR count). The van der Waals surface area contributed by atoms with Crippen LogP contribution in [0.25, 0.3) is 0 Å². The van der Waals surface area contributed by atoms with Crippen molar-refractivity contribution in [3.63, 3.8) is 0 Å². The first-order valence-electron chi connectivity index (χ1n) is 4.70. The molecule has 1 aromatic rings. The second kappa shape index (κ2) is 5.01. The van der Waals surface area contributed by atoms with Gasteiger partial charge in [-0.1, -0.05) is 18.5 Å². The van der Waals surface area contributed by atoms with Crippen LogP contribution in [0.4, 0.5) is 0 Å². The van der Waals surface area contributed by atoms with Crippen molar-refractivity contribution in [3.8, 4) is 0 Å². The standard InChI is InChI=1S/C11H14ClNO/c1-3-8(2)13-11(14)9-4-6-10(12)7-5-9/h4-8H,3H2,1-2H3,(H,13,14)/t8-/m1/s1. The number of carbonyl (C=O) groups excluding carboxylic acids is 1. The number of benzene rings is 1. The molecule has 0 aliphatic carbocycles. The SMILES string of the molecule is CC[C@@H](C)NC(=O)c1ccc(Cl)cc1. The average Bonchev–Trinajstić information content (AvgIpc) is 2.18. The predicted octanol–water partition coefficient (Wildman–Crippen LogP) is 2.87. The summed E-state index contributed by atoms with van der Waals surface area (Å²) < 4.78 is 0. The first kappa shape index (κ1) is 11.1. The third-order valence-electron chi connectivity index (χ3n) is 2.10. The van der Waals surface area contributed by atoms with Crippen LogP contribution in [-0.4, -0.2) is 11.9 Å². The smallest absolute Gasteiger partial charge is 0.251 e. The van der Waals surface area contributed by atoms with Crippen LogP contribution in [0.2, 0.25) is 5.02 Å². The molecule has 0 saturated carbocycles. The number of carbonyl (C=O) groups is 1. The highest BCUT2D eigenvalue weighted by Crippen LogP contribution is 2.09. The molecule has 0 fully saturated rings. The summed E-state index contributed by atoms with van der Waals surface area (Å²) in [5.41, 5.74) is 0.648. The minimum Gasteiger partial charge on any atom is -0.350 e. The summed E-state index contributed by atoms with van der Waals surface area (Å²) in [6.45, 7) is 4.01. The summed E-state index contributed by atoms with van der Waals surface area (Å²) in [7, 11) is 0. The highest BCUT2D eigenvalue weighted by Gasteiger charge is 2.07. The zero-order valence-electron chi connectivity index (χ0n) is 8.38. The fourth-order valence-corrected chi connectivity index (χ4v) is 1.14. The molecule has 0 radical (unpaired) electrons. The van der Waals surface area contributed by atoms with Crippen molar-refractivity contribution in [3.05, 3.63) is 34.9 Å². The van der Waals surface area contributed by atoms with Crippen molar-refractivity contribution in [1.82, 2.24) is 5.32 Å². The summed E-state index contributed by atoms with van der Waals surface area (Å²) >= 11 is 5.72. The third-order valence-corrected chi connectivity index (χ3v) is 2.35. The summed E-state index contributed by atoms with van der Waals surface area (Å²) in [5, 5.41) is 3.53. The summed E-state index contributed by atoms with van der Waals surface area (Å²) in [5.74, 6) is -0.0454. The van der Waals surface area contributed by atoms with Crippen molar-refractivity contribution < 1.29 is 4.79 Å². The van der Waals surface area contributed by atoms with Crippen molar-refractivity contribution in [2.45, 2.75) is 26.3 Å². The van der Waals surface area contributed by atoms with Crippen LogP contribution in [0.5, 0.6) is 0 Å². The van der Waals surface area contributed by atoms with Crippen LogP contribution >= 0.6 is 11.6 Å². The van der Waals surface area contributed by atoms with Crippen LogP contribution < -0.4 is 5.32 Å². The van der Waals surface area contributed by atoms with E-state index in [2.05, 4.69) is 5.32 Å². The van der Waals surface area contributed by atoms with E-state index < -0.39 is 0 Å². The van der Waals surface area contributed by atoms with E-state index in [0.717, 1.165) is 6.42 Å². The van der Waals surface area contributed by atoms with Crippen molar-refractivity contribution in [1.29, 1.82) is 0 Å². The van der Waals surface area contributed by atoms with E-state index >= 15 is 0 Å². The molecule has 2 nitrogen and oxygen atoms in total. The first-order valence-corrected chi connectivity index (χ1v) is 5.07. The van der Waals surface area contributed by atoms with E-state index in [1.165, 1.54) is 0 Å². The molecular formula is C11H14ClNO. The Labute approximate surface area is 89.3 Å². The van der Waals surface area contributed by atoms with Gasteiger partial charge in [0.2, 0.25) is 0 Å². The monoisotopic (exact) mass is 211 g/mol. The van der Waals surface area contributed by atoms with Gasteiger partial charge in [-0.25, -0.2) is 0 Å². The molecule has 1 amide bonds. The quantitative estimate of drug-likeness (QED) is 0.819. The Balaban J connectivity index is 2.65. The third kappa shape index (κ3) is 3.04. The molecule has 0 spiro atoms. The Morgan fingerprint density at radius 2 is 2.00 bits per heavy atom. The fourth-order valence-electron chi connectivity index (χ4n) is 1.01. The maximum atomic E-state index is 11.6. The second-order valence-corrected chi connectivity index (χ2v) is 3.73. The van der Waals surface area contributed by atoms with Gasteiger partial charge >= 0.3 is 0 Å². The van der Waals surface area contributed by atoms with Crippen LogP contribution in [0.1, 0.15) is 30.6 Å². The molecule has 1 atom stereocenters. The molecule has 0 aliphatic rings. The normalized spacial score (nSPS) is 12.2. The van der Waals surface area contributed by atoms with Gasteiger partial charge in [-0.3, -0.25) is 4.79 Å². The predicted molar refractivity (Wildman–Crippen MR) is 58.7 cm³/mol. The number of amides is 1. The molecule has 0 unspecified atom stereocenters. The Kier molecular flexibility index (Phi) is 3.96. The van der Waals surface area contributed by atoms with E-state index in [0.29, 0.717) is 10.6 Å². The maximum absolute atomic E-state index is 11.6. The van der Waals surface area contributed by atoms with E-state index in [4.69, 9.17) is 11.6 Å². The van der Waals surface area contributed by atoms with Crippen LogP contribution in [-0.2, 0) is 0 Å². The minimum absolute atomic E-state index is 0.0454. The van der Waals surface area contributed by atoms with Crippen molar-refractivity contribution >= 4 is 17.5 Å². The maximum Gasteiger partial charge on any atom is 0.251 e.